The first-order valence-corrected chi connectivity index (χ1v) is 9.65. The Morgan fingerprint density at radius 1 is 1.03 bits per heavy atom. The van der Waals surface area contributed by atoms with Crippen molar-refractivity contribution in [1.29, 1.82) is 0 Å². The van der Waals surface area contributed by atoms with Crippen molar-refractivity contribution in [2.24, 2.45) is 0 Å². The Balaban J connectivity index is 2.11. The number of benzene rings is 2. The summed E-state index contributed by atoms with van der Waals surface area (Å²) in [6, 6.07) is 11.1. The fraction of sp³-hybridized carbons (Fsp3) is 0.250. The lowest BCUT2D eigenvalue weighted by molar-refractivity contribution is -0.157. The zero-order valence-corrected chi connectivity index (χ0v) is 17.9. The molecule has 1 unspecified atom stereocenters. The maximum absolute atomic E-state index is 13.5. The van der Waals surface area contributed by atoms with E-state index in [1.165, 1.54) is 29.7 Å². The Hall–Kier alpha value is -3.76. The number of alkyl halides is 2. The van der Waals surface area contributed by atoms with Crippen molar-refractivity contribution in [2.45, 2.75) is 31.6 Å². The highest BCUT2D eigenvalue weighted by Gasteiger charge is 2.48. The van der Waals surface area contributed by atoms with Crippen molar-refractivity contribution in [3.8, 4) is 23.7 Å². The van der Waals surface area contributed by atoms with E-state index in [2.05, 4.69) is 29.0 Å². The van der Waals surface area contributed by atoms with Crippen molar-refractivity contribution >= 4 is 11.8 Å². The number of carbonyl (C=O) groups is 2. The fourth-order valence-electron chi connectivity index (χ4n) is 2.69. The first-order chi connectivity index (χ1) is 15.7. The predicted molar refractivity (Wildman–Crippen MR) is 115 cm³/mol. The van der Waals surface area contributed by atoms with Gasteiger partial charge in [-0.15, -0.1) is 0 Å². The molecule has 0 aliphatic heterocycles. The van der Waals surface area contributed by atoms with E-state index in [1.807, 2.05) is 0 Å². The number of ether oxygens (including phenoxy) is 1. The van der Waals surface area contributed by atoms with Crippen LogP contribution in [-0.2, 0) is 16.1 Å². The average molecular weight is 456 g/mol. The molecule has 2 atom stereocenters. The summed E-state index contributed by atoms with van der Waals surface area (Å²) in [6.07, 6.45) is -3.13. The van der Waals surface area contributed by atoms with E-state index in [1.54, 1.807) is 24.3 Å². The lowest BCUT2D eigenvalue weighted by Gasteiger charge is -2.34. The molecular weight excluding hydrogens is 434 g/mol. The van der Waals surface area contributed by atoms with Gasteiger partial charge in [-0.2, -0.15) is 0 Å². The standard InChI is InChI=1S/C24H22F2N2O5/c1-24(33-2,23(25)26)20(22(31)28-32)27-21(30)19-13-11-17(12-14-19)6-4-3-5-16-7-9-18(15-29)10-8-16/h7-14,20,23,29,32H,15H2,1-2H3,(H,27,30)(H,28,31)/t20-,24?/m1/s1. The molecule has 2 aromatic carbocycles. The Kier molecular flexibility index (Phi) is 9.08. The normalized spacial score (nSPS) is 12.9. The highest BCUT2D eigenvalue weighted by Crippen LogP contribution is 2.24. The molecule has 0 radical (unpaired) electrons. The van der Waals surface area contributed by atoms with Crippen LogP contribution in [0.15, 0.2) is 48.5 Å². The molecule has 0 saturated carbocycles. The zero-order chi connectivity index (χ0) is 24.4. The van der Waals surface area contributed by atoms with Crippen LogP contribution in [-0.4, -0.2) is 47.3 Å². The van der Waals surface area contributed by atoms with E-state index in [-0.39, 0.29) is 12.2 Å². The molecule has 0 heterocycles. The van der Waals surface area contributed by atoms with Crippen LogP contribution < -0.4 is 10.8 Å². The molecular formula is C24H22F2N2O5. The second kappa shape index (κ2) is 11.7. The largest absolute Gasteiger partial charge is 0.392 e. The minimum atomic E-state index is -3.13. The van der Waals surface area contributed by atoms with Crippen LogP contribution in [0.4, 0.5) is 8.78 Å². The van der Waals surface area contributed by atoms with Crippen molar-refractivity contribution in [3.63, 3.8) is 0 Å². The fourth-order valence-corrected chi connectivity index (χ4v) is 2.69. The van der Waals surface area contributed by atoms with Crippen molar-refractivity contribution in [2.75, 3.05) is 7.11 Å². The van der Waals surface area contributed by atoms with Gasteiger partial charge in [0.25, 0.3) is 18.2 Å². The van der Waals surface area contributed by atoms with E-state index in [9.17, 15) is 18.4 Å². The quantitative estimate of drug-likeness (QED) is 0.289. The summed E-state index contributed by atoms with van der Waals surface area (Å²) in [5.41, 5.74) is 1.04. The molecule has 2 amide bonds. The molecule has 0 bridgehead atoms. The Morgan fingerprint density at radius 3 is 1.97 bits per heavy atom. The molecule has 0 spiro atoms. The van der Waals surface area contributed by atoms with Gasteiger partial charge in [-0.25, -0.2) is 14.3 Å². The monoisotopic (exact) mass is 456 g/mol. The predicted octanol–water partition coefficient (Wildman–Crippen LogP) is 1.86. The van der Waals surface area contributed by atoms with Crippen LogP contribution >= 0.6 is 0 Å². The number of halogens is 2. The van der Waals surface area contributed by atoms with Crippen LogP contribution in [0.5, 0.6) is 0 Å². The summed E-state index contributed by atoms with van der Waals surface area (Å²) >= 11 is 0. The molecule has 172 valence electrons. The molecule has 0 saturated heterocycles. The molecule has 4 N–H and O–H groups in total. The SMILES string of the molecule is COC(C)(C(F)F)[C@H](NC(=O)c1ccc(C#CC#Cc2ccc(CO)cc2)cc1)C(=O)NO. The Morgan fingerprint density at radius 2 is 1.55 bits per heavy atom. The number of hydrogen-bond acceptors (Lipinski definition) is 5. The lowest BCUT2D eigenvalue weighted by atomic mass is 9.95. The smallest absolute Gasteiger partial charge is 0.269 e. The van der Waals surface area contributed by atoms with Crippen LogP contribution in [0.2, 0.25) is 0 Å². The second-order valence-corrected chi connectivity index (χ2v) is 7.00. The maximum atomic E-state index is 13.5. The van der Waals surface area contributed by atoms with Gasteiger partial charge in [0.15, 0.2) is 5.60 Å². The molecule has 0 aliphatic carbocycles. The number of hydrogen-bond donors (Lipinski definition) is 4. The number of rotatable bonds is 7. The van der Waals surface area contributed by atoms with E-state index in [4.69, 9.17) is 15.1 Å². The van der Waals surface area contributed by atoms with Crippen LogP contribution in [0.3, 0.4) is 0 Å². The third-order valence-corrected chi connectivity index (χ3v) is 4.85. The maximum Gasteiger partial charge on any atom is 0.269 e. The third kappa shape index (κ3) is 6.61. The summed E-state index contributed by atoms with van der Waals surface area (Å²) in [5.74, 6) is 8.98. The summed E-state index contributed by atoms with van der Waals surface area (Å²) in [7, 11) is 0.969. The molecule has 7 nitrogen and oxygen atoms in total. The Labute approximate surface area is 189 Å². The van der Waals surface area contributed by atoms with Crippen LogP contribution in [0.1, 0.15) is 34.0 Å². The van der Waals surface area contributed by atoms with E-state index >= 15 is 0 Å². The van der Waals surface area contributed by atoms with Gasteiger partial charge in [0.1, 0.15) is 6.04 Å². The summed E-state index contributed by atoms with van der Waals surface area (Å²) in [5, 5.41) is 20.1. The number of methoxy groups -OCH3 is 1. The highest BCUT2D eigenvalue weighted by atomic mass is 19.3. The first-order valence-electron chi connectivity index (χ1n) is 9.65. The van der Waals surface area contributed by atoms with Crippen LogP contribution in [0, 0.1) is 23.7 Å². The van der Waals surface area contributed by atoms with E-state index in [0.717, 1.165) is 25.2 Å². The van der Waals surface area contributed by atoms with Gasteiger partial charge in [0.2, 0.25) is 0 Å². The number of nitrogens with one attached hydrogen (secondary N) is 2. The minimum absolute atomic E-state index is 0.0469. The van der Waals surface area contributed by atoms with Gasteiger partial charge in [0.05, 0.1) is 6.61 Å². The molecule has 9 heteroatoms. The number of aliphatic hydroxyl groups excluding tert-OH is 1. The topological polar surface area (TPSA) is 108 Å². The number of aliphatic hydroxyl groups is 1. The number of amides is 2. The van der Waals surface area contributed by atoms with Gasteiger partial charge in [0, 0.05) is 23.8 Å². The van der Waals surface area contributed by atoms with Gasteiger partial charge in [-0.05, 0) is 60.7 Å². The lowest BCUT2D eigenvalue weighted by Crippen LogP contribution is -2.62. The van der Waals surface area contributed by atoms with Gasteiger partial charge >= 0.3 is 0 Å². The number of hydroxylamine groups is 1. The third-order valence-electron chi connectivity index (χ3n) is 4.85. The molecule has 0 fully saturated rings. The van der Waals surface area contributed by atoms with Crippen molar-refractivity contribution in [1.82, 2.24) is 10.8 Å². The van der Waals surface area contributed by atoms with E-state index in [0.29, 0.717) is 5.56 Å². The summed E-state index contributed by atoms with van der Waals surface area (Å²) in [6.45, 7) is 0.896. The molecule has 2 rings (SSSR count). The number of carbonyl (C=O) groups excluding carboxylic acids is 2. The first kappa shape index (κ1) is 25.5. The van der Waals surface area contributed by atoms with E-state index < -0.39 is 29.9 Å². The van der Waals surface area contributed by atoms with Gasteiger partial charge < -0.3 is 15.2 Å². The highest BCUT2D eigenvalue weighted by molar-refractivity contribution is 5.97. The summed E-state index contributed by atoms with van der Waals surface area (Å²) in [4.78, 5) is 24.4. The van der Waals surface area contributed by atoms with Gasteiger partial charge in [-0.1, -0.05) is 24.0 Å². The minimum Gasteiger partial charge on any atom is -0.392 e. The zero-order valence-electron chi connectivity index (χ0n) is 17.9. The second-order valence-electron chi connectivity index (χ2n) is 7.00. The molecule has 0 aromatic heterocycles. The molecule has 2 aromatic rings. The molecule has 0 aliphatic rings. The van der Waals surface area contributed by atoms with Crippen molar-refractivity contribution in [3.05, 3.63) is 70.8 Å². The van der Waals surface area contributed by atoms with Gasteiger partial charge in [-0.3, -0.25) is 14.8 Å². The summed E-state index contributed by atoms with van der Waals surface area (Å²) < 4.78 is 31.7. The van der Waals surface area contributed by atoms with Crippen molar-refractivity contribution < 1.29 is 33.4 Å². The van der Waals surface area contributed by atoms with Crippen LogP contribution in [0.25, 0.3) is 0 Å². The molecule has 33 heavy (non-hydrogen) atoms. The Bertz CT molecular complexity index is 1100. The average Bonchev–Trinajstić information content (AvgIpc) is 2.84.